The van der Waals surface area contributed by atoms with E-state index >= 15 is 0 Å². The van der Waals surface area contributed by atoms with E-state index in [1.807, 2.05) is 0 Å². The highest BCUT2D eigenvalue weighted by atomic mass is 35.5. The molecule has 0 unspecified atom stereocenters. The minimum Gasteiger partial charge on any atom is -0.273 e. The molecule has 1 aromatic carbocycles. The van der Waals surface area contributed by atoms with Crippen LogP contribution in [0.15, 0.2) is 18.2 Å². The molecule has 0 atom stereocenters. The summed E-state index contributed by atoms with van der Waals surface area (Å²) in [5, 5.41) is 0.194. The minimum atomic E-state index is -3.64. The van der Waals surface area contributed by atoms with Gasteiger partial charge in [-0.15, -0.1) is 0 Å². The quantitative estimate of drug-likeness (QED) is 0.920. The molecule has 4 nitrogen and oxygen atoms in total. The van der Waals surface area contributed by atoms with E-state index in [0.717, 1.165) is 0 Å². The maximum atomic E-state index is 12.3. The van der Waals surface area contributed by atoms with Gasteiger partial charge >= 0.3 is 0 Å². The average Bonchev–Trinajstić information content (AvgIpc) is 3.09. The zero-order valence-corrected chi connectivity index (χ0v) is 13.4. The smallest absolute Gasteiger partial charge is 0.244 e. The van der Waals surface area contributed by atoms with Gasteiger partial charge in [-0.05, 0) is 44.4 Å². The summed E-state index contributed by atoms with van der Waals surface area (Å²) in [5.41, 5.74) is -0.219. The fourth-order valence-corrected chi connectivity index (χ4v) is 3.24. The van der Waals surface area contributed by atoms with E-state index in [0.29, 0.717) is 28.5 Å². The largest absolute Gasteiger partial charge is 0.273 e. The molecule has 20 heavy (non-hydrogen) atoms. The predicted molar refractivity (Wildman–Crippen MR) is 79.6 cm³/mol. The van der Waals surface area contributed by atoms with Crippen LogP contribution in [-0.2, 0) is 20.2 Å². The Labute approximate surface area is 128 Å². The number of halogens is 2. The van der Waals surface area contributed by atoms with Crippen LogP contribution < -0.4 is 4.72 Å². The lowest BCUT2D eigenvalue weighted by Crippen LogP contribution is -2.42. The van der Waals surface area contributed by atoms with Crippen molar-refractivity contribution in [1.82, 2.24) is 4.72 Å². The van der Waals surface area contributed by atoms with E-state index in [2.05, 4.69) is 4.72 Å². The molecule has 1 aliphatic rings. The van der Waals surface area contributed by atoms with Crippen molar-refractivity contribution in [3.05, 3.63) is 33.8 Å². The summed E-state index contributed by atoms with van der Waals surface area (Å²) in [6.07, 6.45) is 1.15. The van der Waals surface area contributed by atoms with E-state index in [4.69, 9.17) is 23.2 Å². The second-order valence-electron chi connectivity index (χ2n) is 5.23. The minimum absolute atomic E-state index is 0.382. The third-order valence-electron chi connectivity index (χ3n) is 3.49. The van der Waals surface area contributed by atoms with Gasteiger partial charge in [-0.25, -0.2) is 8.42 Å². The van der Waals surface area contributed by atoms with Gasteiger partial charge in [0.25, 0.3) is 0 Å². The third-order valence-corrected chi connectivity index (χ3v) is 5.75. The van der Waals surface area contributed by atoms with Gasteiger partial charge in [0.15, 0.2) is 0 Å². The molecule has 1 amide bonds. The Morgan fingerprint density at radius 3 is 2.35 bits per heavy atom. The third kappa shape index (κ3) is 2.80. The van der Waals surface area contributed by atoms with E-state index in [9.17, 15) is 13.2 Å². The van der Waals surface area contributed by atoms with Crippen molar-refractivity contribution in [3.8, 4) is 0 Å². The summed E-state index contributed by atoms with van der Waals surface area (Å²) < 4.78 is 25.7. The van der Waals surface area contributed by atoms with Crippen LogP contribution in [0.2, 0.25) is 10.0 Å². The molecule has 0 radical (unpaired) electrons. The molecule has 110 valence electrons. The van der Waals surface area contributed by atoms with Gasteiger partial charge < -0.3 is 0 Å². The normalized spacial score (nSPS) is 17.1. The van der Waals surface area contributed by atoms with Crippen LogP contribution in [-0.4, -0.2) is 19.6 Å². The molecule has 1 aliphatic carbocycles. The number of rotatable bonds is 4. The predicted octanol–water partition coefficient (Wildman–Crippen LogP) is 2.88. The van der Waals surface area contributed by atoms with Crippen LogP contribution >= 0.6 is 23.2 Å². The van der Waals surface area contributed by atoms with E-state index in [1.165, 1.54) is 13.8 Å². The maximum Gasteiger partial charge on any atom is 0.244 e. The van der Waals surface area contributed by atoms with Crippen molar-refractivity contribution in [2.75, 3.05) is 0 Å². The number of sulfonamides is 1. The van der Waals surface area contributed by atoms with E-state index in [1.54, 1.807) is 18.2 Å². The summed E-state index contributed by atoms with van der Waals surface area (Å²) in [7, 11) is -3.64. The van der Waals surface area contributed by atoms with Crippen LogP contribution in [0.25, 0.3) is 0 Å². The van der Waals surface area contributed by atoms with Gasteiger partial charge in [0.1, 0.15) is 0 Å². The highest BCUT2D eigenvalue weighted by Crippen LogP contribution is 2.51. The first-order valence-electron chi connectivity index (χ1n) is 6.21. The van der Waals surface area contributed by atoms with Gasteiger partial charge in [-0.1, -0.05) is 29.3 Å². The molecule has 0 bridgehead atoms. The maximum absolute atomic E-state index is 12.3. The standard InChI is InChI=1S/C13H15Cl2NO3S/c1-8(2)20(18,19)16-12(17)13(5-6-13)10-4-3-9(14)7-11(10)15/h3-4,7-8H,5-6H2,1-2H3,(H,16,17). The Morgan fingerprint density at radius 1 is 1.30 bits per heavy atom. The first-order chi connectivity index (χ1) is 9.19. The second-order valence-corrected chi connectivity index (χ2v) is 8.31. The molecular formula is C13H15Cl2NO3S. The molecule has 0 spiro atoms. The van der Waals surface area contributed by atoms with E-state index in [-0.39, 0.29) is 0 Å². The van der Waals surface area contributed by atoms with Crippen molar-refractivity contribution >= 4 is 39.1 Å². The van der Waals surface area contributed by atoms with Crippen molar-refractivity contribution in [2.45, 2.75) is 37.4 Å². The van der Waals surface area contributed by atoms with Gasteiger partial charge in [-0.3, -0.25) is 9.52 Å². The van der Waals surface area contributed by atoms with Gasteiger partial charge in [0, 0.05) is 10.0 Å². The van der Waals surface area contributed by atoms with E-state index < -0.39 is 26.6 Å². The molecule has 0 aliphatic heterocycles. The molecular weight excluding hydrogens is 321 g/mol. The number of hydrogen-bond donors (Lipinski definition) is 1. The number of benzene rings is 1. The lowest BCUT2D eigenvalue weighted by Gasteiger charge is -2.18. The fraction of sp³-hybridized carbons (Fsp3) is 0.462. The molecule has 7 heteroatoms. The van der Waals surface area contributed by atoms with Gasteiger partial charge in [0.05, 0.1) is 10.7 Å². The lowest BCUT2D eigenvalue weighted by molar-refractivity contribution is -0.121. The number of hydrogen-bond acceptors (Lipinski definition) is 3. The summed E-state index contributed by atoms with van der Waals surface area (Å²) in [4.78, 5) is 12.3. The molecule has 0 aromatic heterocycles. The number of nitrogens with one attached hydrogen (secondary N) is 1. The molecule has 1 saturated carbocycles. The first kappa shape index (κ1) is 15.6. The molecule has 0 heterocycles. The summed E-state index contributed by atoms with van der Waals surface area (Å²) in [5.74, 6) is -0.518. The van der Waals surface area contributed by atoms with Crippen molar-refractivity contribution in [2.24, 2.45) is 0 Å². The fourth-order valence-electron chi connectivity index (χ4n) is 1.97. The summed E-state index contributed by atoms with van der Waals surface area (Å²) in [6.45, 7) is 3.04. The number of carbonyl (C=O) groups is 1. The van der Waals surface area contributed by atoms with Crippen LogP contribution in [0.4, 0.5) is 0 Å². The SMILES string of the molecule is CC(C)S(=O)(=O)NC(=O)C1(c2ccc(Cl)cc2Cl)CC1. The molecule has 1 fully saturated rings. The molecule has 0 saturated heterocycles. The Balaban J connectivity index is 2.30. The summed E-state index contributed by atoms with van der Waals surface area (Å²) in [6, 6.07) is 4.88. The van der Waals surface area contributed by atoms with Crippen molar-refractivity contribution in [3.63, 3.8) is 0 Å². The van der Waals surface area contributed by atoms with Gasteiger partial charge in [-0.2, -0.15) is 0 Å². The Bertz CT molecular complexity index is 652. The summed E-state index contributed by atoms with van der Waals surface area (Å²) >= 11 is 12.0. The lowest BCUT2D eigenvalue weighted by atomic mass is 9.95. The first-order valence-corrected chi connectivity index (χ1v) is 8.51. The average molecular weight is 336 g/mol. The molecule has 2 rings (SSSR count). The molecule has 1 aromatic rings. The second kappa shape index (κ2) is 5.20. The highest BCUT2D eigenvalue weighted by molar-refractivity contribution is 7.90. The Kier molecular flexibility index (Phi) is 4.06. The van der Waals surface area contributed by atoms with Crippen LogP contribution in [0.3, 0.4) is 0 Å². The highest BCUT2D eigenvalue weighted by Gasteiger charge is 2.53. The monoisotopic (exact) mass is 335 g/mol. The van der Waals surface area contributed by atoms with Gasteiger partial charge in [0.2, 0.25) is 15.9 Å². The Hall–Kier alpha value is -0.780. The van der Waals surface area contributed by atoms with Crippen LogP contribution in [0, 0.1) is 0 Å². The number of carbonyl (C=O) groups excluding carboxylic acids is 1. The van der Waals surface area contributed by atoms with Crippen LogP contribution in [0.5, 0.6) is 0 Å². The van der Waals surface area contributed by atoms with Crippen LogP contribution in [0.1, 0.15) is 32.3 Å². The molecule has 1 N–H and O–H groups in total. The Morgan fingerprint density at radius 2 is 1.90 bits per heavy atom. The van der Waals surface area contributed by atoms with Crippen molar-refractivity contribution < 1.29 is 13.2 Å². The van der Waals surface area contributed by atoms with Crippen molar-refractivity contribution in [1.29, 1.82) is 0 Å². The zero-order chi connectivity index (χ0) is 15.1. The number of amides is 1. The zero-order valence-electron chi connectivity index (χ0n) is 11.1. The topological polar surface area (TPSA) is 63.2 Å².